The molecular weight excluding hydrogens is 460 g/mol. The number of sulfonamides is 1. The van der Waals surface area contributed by atoms with E-state index in [2.05, 4.69) is 10.3 Å². The first-order chi connectivity index (χ1) is 14.9. The number of carbonyl (C=O) groups excluding carboxylic acids is 1. The number of amides is 1. The van der Waals surface area contributed by atoms with Crippen molar-refractivity contribution in [3.63, 3.8) is 0 Å². The highest BCUT2D eigenvalue weighted by Gasteiger charge is 2.38. The van der Waals surface area contributed by atoms with Crippen LogP contribution in [0.3, 0.4) is 0 Å². The van der Waals surface area contributed by atoms with Crippen LogP contribution in [0.15, 0.2) is 51.4 Å². The van der Waals surface area contributed by atoms with Crippen molar-refractivity contribution in [3.05, 3.63) is 57.3 Å². The summed E-state index contributed by atoms with van der Waals surface area (Å²) in [5.74, 6) is -0.431. The molecule has 12 heteroatoms. The van der Waals surface area contributed by atoms with Gasteiger partial charge < -0.3 is 5.32 Å². The average molecular weight is 479 g/mol. The van der Waals surface area contributed by atoms with E-state index in [1.165, 1.54) is 33.8 Å². The lowest BCUT2D eigenvalue weighted by Crippen LogP contribution is -2.49. The number of hydrogen-bond donors (Lipinski definition) is 1. The van der Waals surface area contributed by atoms with Gasteiger partial charge in [-0.1, -0.05) is 24.6 Å². The van der Waals surface area contributed by atoms with Crippen molar-refractivity contribution in [1.82, 2.24) is 9.29 Å². The number of thiazole rings is 1. The maximum atomic E-state index is 13.0. The molecule has 2 aromatic heterocycles. The summed E-state index contributed by atoms with van der Waals surface area (Å²) in [6.45, 7) is 0.287. The molecule has 1 aliphatic heterocycles. The zero-order valence-corrected chi connectivity index (χ0v) is 18.6. The van der Waals surface area contributed by atoms with E-state index in [-0.39, 0.29) is 16.4 Å². The number of thiophene rings is 1. The van der Waals surface area contributed by atoms with E-state index in [0.29, 0.717) is 29.2 Å². The molecule has 0 aliphatic carbocycles. The lowest BCUT2D eigenvalue weighted by atomic mass is 10.0. The van der Waals surface area contributed by atoms with Gasteiger partial charge in [-0.2, -0.15) is 4.31 Å². The molecule has 0 bridgehead atoms. The molecule has 1 atom stereocenters. The molecule has 0 spiro atoms. The van der Waals surface area contributed by atoms with Crippen molar-refractivity contribution in [2.75, 3.05) is 11.9 Å². The van der Waals surface area contributed by atoms with Gasteiger partial charge in [0.1, 0.15) is 10.3 Å². The lowest BCUT2D eigenvalue weighted by molar-refractivity contribution is -0.384. The normalized spacial score (nSPS) is 17.4. The number of piperidine rings is 1. The molecule has 3 heterocycles. The van der Waals surface area contributed by atoms with Crippen LogP contribution in [0.5, 0.6) is 0 Å². The molecular formula is C19H18N4O5S3. The highest BCUT2D eigenvalue weighted by Crippen LogP contribution is 2.30. The summed E-state index contributed by atoms with van der Waals surface area (Å²) in [6, 6.07) is 8.47. The van der Waals surface area contributed by atoms with Crippen molar-refractivity contribution in [1.29, 1.82) is 0 Å². The van der Waals surface area contributed by atoms with E-state index in [0.717, 1.165) is 17.8 Å². The van der Waals surface area contributed by atoms with Gasteiger partial charge in [-0.15, -0.1) is 22.7 Å². The van der Waals surface area contributed by atoms with Crippen LogP contribution in [0.1, 0.15) is 19.3 Å². The predicted octanol–water partition coefficient (Wildman–Crippen LogP) is 3.96. The molecule has 0 radical (unpaired) electrons. The van der Waals surface area contributed by atoms with Gasteiger partial charge in [0.25, 0.3) is 15.7 Å². The minimum absolute atomic E-state index is 0.0484. The van der Waals surface area contributed by atoms with Crippen LogP contribution in [0.4, 0.5) is 10.8 Å². The number of anilines is 1. The van der Waals surface area contributed by atoms with E-state index in [4.69, 9.17) is 0 Å². The van der Waals surface area contributed by atoms with Gasteiger partial charge >= 0.3 is 0 Å². The molecule has 31 heavy (non-hydrogen) atoms. The second kappa shape index (κ2) is 8.83. The molecule has 162 valence electrons. The highest BCUT2D eigenvalue weighted by molar-refractivity contribution is 7.91. The van der Waals surface area contributed by atoms with E-state index in [1.807, 2.05) is 0 Å². The zero-order valence-electron chi connectivity index (χ0n) is 16.1. The molecule has 9 nitrogen and oxygen atoms in total. The third-order valence-electron chi connectivity index (χ3n) is 4.90. The van der Waals surface area contributed by atoms with Crippen LogP contribution in [-0.4, -0.2) is 41.1 Å². The van der Waals surface area contributed by atoms with E-state index >= 15 is 0 Å². The standard InChI is InChI=1S/C19H18N4O5S3/c24-18(16-7-1-2-9-22(16)31(27,28)17-8-4-10-29-17)21-19-20-15(12-30-19)13-5-3-6-14(11-13)23(25)26/h3-6,8,10-12,16H,1-2,7,9H2,(H,20,21,24). The summed E-state index contributed by atoms with van der Waals surface area (Å²) in [5, 5.41) is 17.4. The summed E-state index contributed by atoms with van der Waals surface area (Å²) in [4.78, 5) is 27.8. The molecule has 1 aromatic carbocycles. The number of nitro benzene ring substituents is 1. The van der Waals surface area contributed by atoms with Gasteiger partial charge in [0.15, 0.2) is 5.13 Å². The van der Waals surface area contributed by atoms with Gasteiger partial charge in [-0.25, -0.2) is 13.4 Å². The summed E-state index contributed by atoms with van der Waals surface area (Å²) in [5.41, 5.74) is 1.01. The minimum atomic E-state index is -3.75. The van der Waals surface area contributed by atoms with Crippen LogP contribution in [0.2, 0.25) is 0 Å². The Labute approximate surface area is 186 Å². The van der Waals surface area contributed by atoms with Gasteiger partial charge in [-0.3, -0.25) is 14.9 Å². The first-order valence-corrected chi connectivity index (χ1v) is 12.6. The third-order valence-corrected chi connectivity index (χ3v) is 8.94. The van der Waals surface area contributed by atoms with Crippen molar-refractivity contribution < 1.29 is 18.1 Å². The highest BCUT2D eigenvalue weighted by atomic mass is 32.2. The fraction of sp³-hybridized carbons (Fsp3) is 0.263. The van der Waals surface area contributed by atoms with Gasteiger partial charge in [0, 0.05) is 29.6 Å². The van der Waals surface area contributed by atoms with Crippen LogP contribution in [-0.2, 0) is 14.8 Å². The molecule has 3 aromatic rings. The number of benzene rings is 1. The Morgan fingerprint density at radius 1 is 1.23 bits per heavy atom. The Hall–Kier alpha value is -2.67. The first-order valence-electron chi connectivity index (χ1n) is 9.43. The van der Waals surface area contributed by atoms with Gasteiger partial charge in [-0.05, 0) is 24.3 Å². The van der Waals surface area contributed by atoms with Crippen molar-refractivity contribution >= 4 is 49.4 Å². The Morgan fingerprint density at radius 2 is 2.06 bits per heavy atom. The van der Waals surface area contributed by atoms with Crippen molar-refractivity contribution in [2.45, 2.75) is 29.5 Å². The summed E-state index contributed by atoms with van der Waals surface area (Å²) in [7, 11) is -3.75. The Balaban J connectivity index is 1.52. The molecule has 1 saturated heterocycles. The fourth-order valence-corrected chi connectivity index (χ4v) is 6.91. The predicted molar refractivity (Wildman–Crippen MR) is 119 cm³/mol. The number of aromatic nitrogens is 1. The number of nitrogens with zero attached hydrogens (tertiary/aromatic N) is 3. The first kappa shape index (κ1) is 21.6. The van der Waals surface area contributed by atoms with Crippen LogP contribution < -0.4 is 5.32 Å². The van der Waals surface area contributed by atoms with Gasteiger partial charge in [0.2, 0.25) is 5.91 Å². The topological polar surface area (TPSA) is 123 Å². The lowest BCUT2D eigenvalue weighted by Gasteiger charge is -2.32. The summed E-state index contributed by atoms with van der Waals surface area (Å²) >= 11 is 2.30. The fourth-order valence-electron chi connectivity index (χ4n) is 3.41. The van der Waals surface area contributed by atoms with Crippen molar-refractivity contribution in [2.24, 2.45) is 0 Å². The molecule has 1 amide bonds. The Bertz CT molecular complexity index is 1210. The second-order valence-corrected chi connectivity index (χ2v) is 10.8. The second-order valence-electron chi connectivity index (χ2n) is 6.89. The minimum Gasteiger partial charge on any atom is -0.301 e. The largest absolute Gasteiger partial charge is 0.301 e. The van der Waals surface area contributed by atoms with Crippen LogP contribution >= 0.6 is 22.7 Å². The molecule has 0 saturated carbocycles. The summed E-state index contributed by atoms with van der Waals surface area (Å²) in [6.07, 6.45) is 1.88. The van der Waals surface area contributed by atoms with E-state index in [9.17, 15) is 23.3 Å². The van der Waals surface area contributed by atoms with Crippen LogP contribution in [0.25, 0.3) is 11.3 Å². The molecule has 1 fully saturated rings. The number of rotatable bonds is 6. The molecule has 1 unspecified atom stereocenters. The molecule has 1 N–H and O–H groups in total. The monoisotopic (exact) mass is 478 g/mol. The number of carbonyl (C=O) groups is 1. The SMILES string of the molecule is O=C(Nc1nc(-c2cccc([N+](=O)[O-])c2)cs1)C1CCCCN1S(=O)(=O)c1cccs1. The van der Waals surface area contributed by atoms with E-state index in [1.54, 1.807) is 29.0 Å². The average Bonchev–Trinajstić information content (AvgIpc) is 3.46. The number of nitrogens with one attached hydrogen (secondary N) is 1. The summed E-state index contributed by atoms with van der Waals surface area (Å²) < 4.78 is 27.4. The molecule has 1 aliphatic rings. The van der Waals surface area contributed by atoms with Crippen molar-refractivity contribution in [3.8, 4) is 11.3 Å². The number of nitro groups is 1. The maximum absolute atomic E-state index is 13.0. The van der Waals surface area contributed by atoms with Crippen LogP contribution in [0, 0.1) is 10.1 Å². The number of non-ortho nitro benzene ring substituents is 1. The van der Waals surface area contributed by atoms with E-state index < -0.39 is 26.9 Å². The zero-order chi connectivity index (χ0) is 22.0. The Kier molecular flexibility index (Phi) is 6.14. The number of hydrogen-bond acceptors (Lipinski definition) is 8. The van der Waals surface area contributed by atoms with Gasteiger partial charge in [0.05, 0.1) is 10.6 Å². The molecule has 4 rings (SSSR count). The Morgan fingerprint density at radius 3 is 2.81 bits per heavy atom. The smallest absolute Gasteiger partial charge is 0.270 e. The quantitative estimate of drug-likeness (QED) is 0.423. The third kappa shape index (κ3) is 4.51. The maximum Gasteiger partial charge on any atom is 0.270 e.